The van der Waals surface area contributed by atoms with Gasteiger partial charge in [-0.1, -0.05) is 87.1 Å². The highest BCUT2D eigenvalue weighted by Gasteiger charge is 2.39. The van der Waals surface area contributed by atoms with Crippen molar-refractivity contribution in [1.29, 1.82) is 0 Å². The lowest BCUT2D eigenvalue weighted by Crippen LogP contribution is -2.59. The number of aromatic nitrogens is 1. The average molecular weight is 847 g/mol. The van der Waals surface area contributed by atoms with Gasteiger partial charge in [-0.05, 0) is 88.1 Å². The fourth-order valence-electron chi connectivity index (χ4n) is 7.94. The normalized spacial score (nSPS) is 19.0. The summed E-state index contributed by atoms with van der Waals surface area (Å²) < 4.78 is 20.7. The number of hydrogen-bond donors (Lipinski definition) is 5. The Morgan fingerprint density at radius 2 is 1.83 bits per heavy atom. The summed E-state index contributed by atoms with van der Waals surface area (Å²) in [6.07, 6.45) is 5.17. The number of likely N-dealkylation sites (N-methyl/N-ethyl adjacent to an activating group) is 1. The molecule has 2 aromatic rings. The second kappa shape index (κ2) is 23.7. The van der Waals surface area contributed by atoms with Gasteiger partial charge in [-0.3, -0.25) is 19.3 Å². The van der Waals surface area contributed by atoms with Gasteiger partial charge in [0.1, 0.15) is 28.7 Å². The van der Waals surface area contributed by atoms with Crippen LogP contribution in [0.1, 0.15) is 147 Å². The molecular weight excluding hydrogens is 772 g/mol. The number of nitrogens with two attached hydrogens (primary N) is 1. The van der Waals surface area contributed by atoms with Crippen LogP contribution < -0.4 is 16.4 Å². The van der Waals surface area contributed by atoms with Gasteiger partial charge >= 0.3 is 0 Å². The molecule has 1 aliphatic rings. The highest BCUT2D eigenvalue weighted by Crippen LogP contribution is 2.33. The lowest BCUT2D eigenvalue weighted by molar-refractivity contribution is -0.143. The molecule has 12 nitrogen and oxygen atoms in total. The first-order valence-corrected chi connectivity index (χ1v) is 22.8. The molecule has 59 heavy (non-hydrogen) atoms. The predicted molar refractivity (Wildman–Crippen MR) is 234 cm³/mol. The van der Waals surface area contributed by atoms with Crippen LogP contribution in [-0.2, 0) is 20.7 Å². The van der Waals surface area contributed by atoms with Gasteiger partial charge in [0.2, 0.25) is 11.8 Å². The van der Waals surface area contributed by atoms with E-state index in [1.165, 1.54) is 23.5 Å². The Labute approximate surface area is 357 Å². The number of anilines is 1. The molecule has 0 spiro atoms. The third-order valence-electron chi connectivity index (χ3n) is 12.1. The van der Waals surface area contributed by atoms with Gasteiger partial charge in [-0.15, -0.1) is 11.3 Å². The summed E-state index contributed by atoms with van der Waals surface area (Å²) >= 11 is 1.31. The number of aliphatic hydroxyl groups is 2. The van der Waals surface area contributed by atoms with Gasteiger partial charge in [-0.25, -0.2) is 9.37 Å². The average Bonchev–Trinajstić information content (AvgIpc) is 3.68. The molecule has 1 aromatic heterocycles. The minimum Gasteiger partial charge on any atom is -0.396 e. The van der Waals surface area contributed by atoms with Crippen LogP contribution in [0.5, 0.6) is 0 Å². The standard InChI is InChI=1S/C45H75FN6O6S/c1-11-14-15-16-20-52(43(55)39(30(7)12-2)50-41(54)37-22-29(6)19-21-51(37)10)36(28(4)5)25-38(58-13-3)42-49-35(27-59-42)40(53)48-32(26-45(8,9)44(56)57)23-31-17-18-34(47)33(46)24-31/h17-18,24,27-30,32,36-39,44,56-57H,11-16,19-23,25-26,47H2,1-10H3,(H,48,53)(H,50,54)/t29-,30+,32+,36-,37-,38-,39+/m1/s1. The molecule has 0 radical (unpaired) electrons. The fraction of sp³-hybridized carbons (Fsp3) is 0.733. The first-order chi connectivity index (χ1) is 27.8. The van der Waals surface area contributed by atoms with Crippen LogP contribution in [0.15, 0.2) is 23.6 Å². The van der Waals surface area contributed by atoms with Crippen molar-refractivity contribution in [2.24, 2.45) is 23.2 Å². The Morgan fingerprint density at radius 1 is 1.12 bits per heavy atom. The van der Waals surface area contributed by atoms with E-state index in [9.17, 15) is 29.0 Å². The number of hydrogen-bond acceptors (Lipinski definition) is 10. The molecule has 0 aliphatic carbocycles. The fourth-order valence-corrected chi connectivity index (χ4v) is 8.80. The lowest BCUT2D eigenvalue weighted by atomic mass is 9.83. The minimum absolute atomic E-state index is 0.0162. The van der Waals surface area contributed by atoms with Crippen molar-refractivity contribution in [1.82, 2.24) is 25.4 Å². The van der Waals surface area contributed by atoms with E-state index >= 15 is 0 Å². The molecular formula is C45H75FN6O6S. The van der Waals surface area contributed by atoms with Crippen LogP contribution >= 0.6 is 11.3 Å². The van der Waals surface area contributed by atoms with Crippen molar-refractivity contribution >= 4 is 34.7 Å². The number of benzene rings is 1. The zero-order chi connectivity index (χ0) is 44.0. The van der Waals surface area contributed by atoms with Crippen LogP contribution in [0.3, 0.4) is 0 Å². The highest BCUT2D eigenvalue weighted by atomic mass is 32.1. The Kier molecular flexibility index (Phi) is 20.2. The molecule has 1 aromatic carbocycles. The Bertz CT molecular complexity index is 1620. The molecule has 1 fully saturated rings. The van der Waals surface area contributed by atoms with Gasteiger partial charge in [0.15, 0.2) is 6.29 Å². The number of nitrogens with one attached hydrogen (secondary N) is 2. The summed E-state index contributed by atoms with van der Waals surface area (Å²) in [6, 6.07) is 2.68. The van der Waals surface area contributed by atoms with Gasteiger partial charge in [0.05, 0.1) is 11.7 Å². The van der Waals surface area contributed by atoms with E-state index in [2.05, 4.69) is 50.2 Å². The SMILES string of the molecule is CCCCCCN(C(=O)[C@@H](NC(=O)[C@H]1C[C@H](C)CCN1C)[C@@H](C)CC)[C@H](C[C@@H](OCC)c1nc(C(=O)N[C@@H](Cc2ccc(N)c(F)c2)CC(C)(C)C(O)O)cs1)C(C)C. The highest BCUT2D eigenvalue weighted by molar-refractivity contribution is 7.09. The Hall–Kier alpha value is -3.17. The van der Waals surface area contributed by atoms with E-state index in [-0.39, 0.29) is 60.0 Å². The van der Waals surface area contributed by atoms with Crippen molar-refractivity contribution < 1.29 is 33.7 Å². The minimum atomic E-state index is -1.64. The number of likely N-dealkylation sites (tertiary alicyclic amines) is 1. The summed E-state index contributed by atoms with van der Waals surface area (Å²) in [4.78, 5) is 51.5. The molecule has 3 amide bonds. The maximum Gasteiger partial charge on any atom is 0.270 e. The molecule has 334 valence electrons. The third-order valence-corrected chi connectivity index (χ3v) is 13.1. The van der Waals surface area contributed by atoms with E-state index in [4.69, 9.17) is 15.5 Å². The van der Waals surface area contributed by atoms with Gasteiger partial charge in [0.25, 0.3) is 5.91 Å². The van der Waals surface area contributed by atoms with Crippen LogP contribution in [0, 0.1) is 29.0 Å². The molecule has 6 N–H and O–H groups in total. The van der Waals surface area contributed by atoms with E-state index in [1.807, 2.05) is 25.8 Å². The number of amides is 3. The zero-order valence-electron chi connectivity index (χ0n) is 37.4. The first kappa shape index (κ1) is 50.2. The molecule has 2 heterocycles. The van der Waals surface area contributed by atoms with E-state index in [1.54, 1.807) is 25.3 Å². The number of nitrogen functional groups attached to an aromatic ring is 1. The molecule has 1 aliphatic heterocycles. The summed E-state index contributed by atoms with van der Waals surface area (Å²) in [5, 5.41) is 28.7. The third kappa shape index (κ3) is 14.8. The van der Waals surface area contributed by atoms with Crippen LogP contribution in [-0.4, -0.2) is 99.9 Å². The van der Waals surface area contributed by atoms with Gasteiger partial charge < -0.3 is 36.2 Å². The molecule has 1 saturated heterocycles. The number of unbranched alkanes of at least 4 members (excludes halogenated alkanes) is 3. The first-order valence-electron chi connectivity index (χ1n) is 21.9. The Balaban J connectivity index is 1.92. The number of carbonyl (C=O) groups excluding carboxylic acids is 3. The molecule has 7 atom stereocenters. The number of halogens is 1. The van der Waals surface area contributed by atoms with Crippen molar-refractivity contribution in [3.63, 3.8) is 0 Å². The van der Waals surface area contributed by atoms with Crippen LogP contribution in [0.4, 0.5) is 10.1 Å². The van der Waals surface area contributed by atoms with Gasteiger partial charge in [0, 0.05) is 42.5 Å². The molecule has 0 unspecified atom stereocenters. The second-order valence-electron chi connectivity index (χ2n) is 17.9. The summed E-state index contributed by atoms with van der Waals surface area (Å²) in [5.41, 5.74) is 5.51. The quantitative estimate of drug-likeness (QED) is 0.0421. The maximum atomic E-state index is 14.9. The number of nitrogens with zero attached hydrogens (tertiary/aromatic N) is 3. The van der Waals surface area contributed by atoms with Crippen molar-refractivity contribution in [2.75, 3.05) is 32.5 Å². The number of piperidine rings is 1. The number of rotatable bonds is 24. The van der Waals surface area contributed by atoms with Gasteiger partial charge in [-0.2, -0.15) is 0 Å². The summed E-state index contributed by atoms with van der Waals surface area (Å²) in [6.45, 7) is 19.7. The van der Waals surface area contributed by atoms with Crippen LogP contribution in [0.25, 0.3) is 0 Å². The lowest BCUT2D eigenvalue weighted by Gasteiger charge is -2.40. The second-order valence-corrected chi connectivity index (χ2v) is 18.8. The van der Waals surface area contributed by atoms with E-state index in [0.29, 0.717) is 36.1 Å². The molecule has 0 saturated carbocycles. The number of ether oxygens (including phenoxy) is 1. The number of carbonyl (C=O) groups is 3. The van der Waals surface area contributed by atoms with Crippen molar-refractivity contribution in [3.8, 4) is 0 Å². The topological polar surface area (TPSA) is 170 Å². The summed E-state index contributed by atoms with van der Waals surface area (Å²) in [5.74, 6) is -0.800. The Morgan fingerprint density at radius 3 is 2.44 bits per heavy atom. The molecule has 0 bridgehead atoms. The zero-order valence-corrected chi connectivity index (χ0v) is 38.2. The largest absolute Gasteiger partial charge is 0.396 e. The van der Waals surface area contributed by atoms with Crippen LogP contribution in [0.2, 0.25) is 0 Å². The number of aliphatic hydroxyl groups excluding tert-OH is 1. The predicted octanol–water partition coefficient (Wildman–Crippen LogP) is 7.09. The molecule has 3 rings (SSSR count). The van der Waals surface area contributed by atoms with E-state index in [0.717, 1.165) is 51.5 Å². The smallest absolute Gasteiger partial charge is 0.270 e. The monoisotopic (exact) mass is 847 g/mol. The van der Waals surface area contributed by atoms with Crippen molar-refractivity contribution in [3.05, 3.63) is 45.7 Å². The van der Waals surface area contributed by atoms with E-state index < -0.39 is 41.6 Å². The maximum absolute atomic E-state index is 14.9. The summed E-state index contributed by atoms with van der Waals surface area (Å²) in [7, 11) is 1.98. The molecule has 14 heteroatoms. The van der Waals surface area contributed by atoms with Crippen molar-refractivity contribution in [2.45, 2.75) is 163 Å². The number of thiazole rings is 1.